The van der Waals surface area contributed by atoms with Crippen molar-refractivity contribution in [3.8, 4) is 5.75 Å². The Hall–Kier alpha value is -3.39. The van der Waals surface area contributed by atoms with Gasteiger partial charge in [-0.05, 0) is 55.8 Å². The van der Waals surface area contributed by atoms with Gasteiger partial charge in [0.25, 0.3) is 5.91 Å². The number of nitrogens with one attached hydrogen (secondary N) is 3. The lowest BCUT2D eigenvalue weighted by Crippen LogP contribution is -2.41. The predicted molar refractivity (Wildman–Crippen MR) is 111 cm³/mol. The Morgan fingerprint density at radius 1 is 1.10 bits per heavy atom. The van der Waals surface area contributed by atoms with E-state index in [0.29, 0.717) is 22.0 Å². The van der Waals surface area contributed by atoms with Crippen molar-refractivity contribution in [2.45, 2.75) is 19.9 Å². The third-order valence-corrected chi connectivity index (χ3v) is 3.61. The van der Waals surface area contributed by atoms with Crippen molar-refractivity contribution in [2.75, 3.05) is 11.9 Å². The van der Waals surface area contributed by atoms with Gasteiger partial charge in [0, 0.05) is 16.8 Å². The molecule has 0 heterocycles. The van der Waals surface area contributed by atoms with E-state index in [1.165, 1.54) is 6.21 Å². The van der Waals surface area contributed by atoms with Gasteiger partial charge >= 0.3 is 11.8 Å². The summed E-state index contributed by atoms with van der Waals surface area (Å²) in [6.07, 6.45) is 1.36. The Morgan fingerprint density at radius 3 is 2.52 bits per heavy atom. The minimum Gasteiger partial charge on any atom is -0.484 e. The van der Waals surface area contributed by atoms with Crippen molar-refractivity contribution in [2.24, 2.45) is 5.10 Å². The fraction of sp³-hybridized carbons (Fsp3) is 0.200. The molecule has 0 radical (unpaired) electrons. The van der Waals surface area contributed by atoms with Crippen LogP contribution in [-0.4, -0.2) is 36.6 Å². The first kappa shape index (κ1) is 21.9. The van der Waals surface area contributed by atoms with Crippen molar-refractivity contribution in [1.82, 2.24) is 10.7 Å². The fourth-order valence-electron chi connectivity index (χ4n) is 2.11. The van der Waals surface area contributed by atoms with E-state index >= 15 is 0 Å². The molecule has 0 atom stereocenters. The Morgan fingerprint density at radius 2 is 1.83 bits per heavy atom. The topological polar surface area (TPSA) is 109 Å². The smallest absolute Gasteiger partial charge is 0.329 e. The highest BCUT2D eigenvalue weighted by Crippen LogP contribution is 2.14. The van der Waals surface area contributed by atoms with E-state index in [1.807, 2.05) is 0 Å². The van der Waals surface area contributed by atoms with E-state index < -0.39 is 11.8 Å². The molecule has 3 N–H and O–H groups in total. The molecule has 0 fully saturated rings. The van der Waals surface area contributed by atoms with Crippen LogP contribution in [0.4, 0.5) is 5.69 Å². The minimum atomic E-state index is -0.860. The second-order valence-electron chi connectivity index (χ2n) is 6.24. The maximum absolute atomic E-state index is 12.0. The van der Waals surface area contributed by atoms with Crippen molar-refractivity contribution in [3.05, 3.63) is 59.1 Å². The molecule has 0 saturated heterocycles. The van der Waals surface area contributed by atoms with Gasteiger partial charge in [-0.2, -0.15) is 5.10 Å². The van der Waals surface area contributed by atoms with Crippen molar-refractivity contribution in [3.63, 3.8) is 0 Å². The zero-order valence-electron chi connectivity index (χ0n) is 15.9. The summed E-state index contributed by atoms with van der Waals surface area (Å²) in [4.78, 5) is 35.0. The third-order valence-electron chi connectivity index (χ3n) is 3.36. The lowest BCUT2D eigenvalue weighted by Gasteiger charge is -2.08. The molecule has 2 aromatic carbocycles. The lowest BCUT2D eigenvalue weighted by atomic mass is 10.2. The molecular weight excluding hydrogens is 396 g/mol. The van der Waals surface area contributed by atoms with Crippen LogP contribution in [0, 0.1) is 0 Å². The average molecular weight is 417 g/mol. The van der Waals surface area contributed by atoms with Gasteiger partial charge in [-0.1, -0.05) is 23.7 Å². The summed E-state index contributed by atoms with van der Waals surface area (Å²) in [5, 5.41) is 9.47. The Kier molecular flexibility index (Phi) is 8.17. The second kappa shape index (κ2) is 10.8. The van der Waals surface area contributed by atoms with Crippen molar-refractivity contribution >= 4 is 41.2 Å². The number of carbonyl (C=O) groups is 3. The number of benzene rings is 2. The highest BCUT2D eigenvalue weighted by molar-refractivity contribution is 6.35. The Labute approximate surface area is 173 Å². The summed E-state index contributed by atoms with van der Waals surface area (Å²) in [5.74, 6) is -1.50. The summed E-state index contributed by atoms with van der Waals surface area (Å²) >= 11 is 5.80. The van der Waals surface area contributed by atoms with Crippen molar-refractivity contribution in [1.29, 1.82) is 0 Å². The molecule has 2 aromatic rings. The summed E-state index contributed by atoms with van der Waals surface area (Å²) in [6, 6.07) is 13.3. The SMILES string of the molecule is CC(C)NC(=O)C(=O)N/N=C\c1cccc(OCC(=O)Nc2ccc(Cl)cc2)c1. The number of hydrazone groups is 1. The van der Waals surface area contributed by atoms with Crippen LogP contribution in [0.1, 0.15) is 19.4 Å². The predicted octanol–water partition coefficient (Wildman–Crippen LogP) is 2.33. The summed E-state index contributed by atoms with van der Waals surface area (Å²) in [6.45, 7) is 3.31. The molecule has 0 unspecified atom stereocenters. The first-order valence-corrected chi connectivity index (χ1v) is 9.13. The number of amides is 3. The van der Waals surface area contributed by atoms with Crippen LogP contribution in [0.15, 0.2) is 53.6 Å². The van der Waals surface area contributed by atoms with Gasteiger partial charge in [0.05, 0.1) is 6.21 Å². The number of anilines is 1. The van der Waals surface area contributed by atoms with E-state index in [2.05, 4.69) is 21.2 Å². The van der Waals surface area contributed by atoms with Gasteiger partial charge in [-0.15, -0.1) is 0 Å². The lowest BCUT2D eigenvalue weighted by molar-refractivity contribution is -0.139. The first-order valence-electron chi connectivity index (χ1n) is 8.75. The number of carbonyl (C=O) groups excluding carboxylic acids is 3. The van der Waals surface area contributed by atoms with Gasteiger partial charge in [0.1, 0.15) is 5.75 Å². The molecule has 3 amide bonds. The van der Waals surface area contributed by atoms with E-state index in [9.17, 15) is 14.4 Å². The van der Waals surface area contributed by atoms with Gasteiger partial charge in [-0.25, -0.2) is 5.43 Å². The fourth-order valence-corrected chi connectivity index (χ4v) is 2.23. The molecule has 0 aromatic heterocycles. The summed E-state index contributed by atoms with van der Waals surface area (Å²) in [5.41, 5.74) is 3.37. The molecule has 9 heteroatoms. The standard InChI is InChI=1S/C20H21ClN4O4/c1-13(2)23-19(27)20(28)25-22-11-14-4-3-5-17(10-14)29-12-18(26)24-16-8-6-15(21)7-9-16/h3-11,13H,12H2,1-2H3,(H,23,27)(H,24,26)(H,25,28)/b22-11-. The van der Waals surface area contributed by atoms with Gasteiger partial charge in [-0.3, -0.25) is 14.4 Å². The van der Waals surface area contributed by atoms with E-state index in [-0.39, 0.29) is 18.6 Å². The monoisotopic (exact) mass is 416 g/mol. The van der Waals surface area contributed by atoms with Gasteiger partial charge in [0.2, 0.25) is 0 Å². The van der Waals surface area contributed by atoms with Gasteiger partial charge in [0.15, 0.2) is 6.61 Å². The van der Waals surface area contributed by atoms with E-state index in [1.54, 1.807) is 62.4 Å². The zero-order valence-corrected chi connectivity index (χ0v) is 16.7. The zero-order chi connectivity index (χ0) is 21.2. The number of rotatable bonds is 7. The minimum absolute atomic E-state index is 0.150. The van der Waals surface area contributed by atoms with E-state index in [0.717, 1.165) is 0 Å². The van der Waals surface area contributed by atoms with Crippen LogP contribution in [0.3, 0.4) is 0 Å². The summed E-state index contributed by atoms with van der Waals surface area (Å²) < 4.78 is 5.46. The average Bonchev–Trinajstić information content (AvgIpc) is 2.68. The third kappa shape index (κ3) is 8.02. The number of hydrogen-bond donors (Lipinski definition) is 3. The first-order chi connectivity index (χ1) is 13.8. The molecule has 29 heavy (non-hydrogen) atoms. The van der Waals surface area contributed by atoms with Crippen LogP contribution >= 0.6 is 11.6 Å². The molecule has 2 rings (SSSR count). The molecule has 0 spiro atoms. The molecular formula is C20H21ClN4O4. The van der Waals surface area contributed by atoms with Crippen LogP contribution < -0.4 is 20.8 Å². The molecule has 8 nitrogen and oxygen atoms in total. The number of hydrogen-bond acceptors (Lipinski definition) is 5. The normalized spacial score (nSPS) is 10.6. The highest BCUT2D eigenvalue weighted by Gasteiger charge is 2.12. The maximum atomic E-state index is 12.0. The number of nitrogens with zero attached hydrogens (tertiary/aromatic N) is 1. The van der Waals surface area contributed by atoms with Crippen LogP contribution in [0.25, 0.3) is 0 Å². The highest BCUT2D eigenvalue weighted by atomic mass is 35.5. The largest absolute Gasteiger partial charge is 0.484 e. The number of halogens is 1. The van der Waals surface area contributed by atoms with Crippen molar-refractivity contribution < 1.29 is 19.1 Å². The Balaban J connectivity index is 1.84. The molecule has 0 saturated carbocycles. The maximum Gasteiger partial charge on any atom is 0.329 e. The molecule has 152 valence electrons. The van der Waals surface area contributed by atoms with E-state index in [4.69, 9.17) is 16.3 Å². The molecule has 0 bridgehead atoms. The molecule has 0 aliphatic carbocycles. The van der Waals surface area contributed by atoms with Gasteiger partial charge < -0.3 is 15.4 Å². The molecule has 0 aliphatic heterocycles. The molecule has 0 aliphatic rings. The Bertz CT molecular complexity index is 898. The quantitative estimate of drug-likeness (QED) is 0.365. The van der Waals surface area contributed by atoms with Crippen LogP contribution in [-0.2, 0) is 14.4 Å². The second-order valence-corrected chi connectivity index (χ2v) is 6.68. The number of ether oxygens (including phenoxy) is 1. The summed E-state index contributed by atoms with van der Waals surface area (Å²) in [7, 11) is 0. The van der Waals surface area contributed by atoms with Crippen LogP contribution in [0.5, 0.6) is 5.75 Å². The van der Waals surface area contributed by atoms with Crippen LogP contribution in [0.2, 0.25) is 5.02 Å².